The maximum absolute atomic E-state index is 13.3. The van der Waals surface area contributed by atoms with Crippen molar-refractivity contribution in [3.8, 4) is 0 Å². The van der Waals surface area contributed by atoms with Crippen molar-refractivity contribution in [1.29, 1.82) is 0 Å². The lowest BCUT2D eigenvalue weighted by Crippen LogP contribution is -2.35. The second kappa shape index (κ2) is 6.56. The van der Waals surface area contributed by atoms with E-state index in [2.05, 4.69) is 0 Å². The molecule has 0 radical (unpaired) electrons. The Labute approximate surface area is 124 Å². The molecule has 1 unspecified atom stereocenters. The Bertz CT molecular complexity index is 559. The largest absolute Gasteiger partial charge is 0.477 e. The van der Waals surface area contributed by atoms with Gasteiger partial charge in [0.25, 0.3) is 0 Å². The number of hydrogen-bond acceptors (Lipinski definition) is 5. The third kappa shape index (κ3) is 2.95. The minimum atomic E-state index is -3.68. The molecule has 2 rings (SSSR count). The van der Waals surface area contributed by atoms with Gasteiger partial charge in [-0.1, -0.05) is 30.3 Å². The van der Waals surface area contributed by atoms with Gasteiger partial charge in [0.1, 0.15) is 0 Å². The first kappa shape index (κ1) is 16.0. The Kier molecular flexibility index (Phi) is 4.99. The lowest BCUT2D eigenvalue weighted by atomic mass is 10.0. The smallest absolute Gasteiger partial charge is 0.378 e. The van der Waals surface area contributed by atoms with Crippen LogP contribution in [0.15, 0.2) is 42.7 Å². The van der Waals surface area contributed by atoms with Gasteiger partial charge in [-0.2, -0.15) is 0 Å². The normalized spacial score (nSPS) is 22.1. The van der Waals surface area contributed by atoms with E-state index in [-0.39, 0.29) is 25.4 Å². The van der Waals surface area contributed by atoms with Crippen molar-refractivity contribution in [3.63, 3.8) is 0 Å². The average Bonchev–Trinajstić information content (AvgIpc) is 2.48. The quantitative estimate of drug-likeness (QED) is 0.751. The van der Waals surface area contributed by atoms with Crippen LogP contribution in [0.25, 0.3) is 0 Å². The van der Waals surface area contributed by atoms with Crippen molar-refractivity contribution in [3.05, 3.63) is 48.2 Å². The van der Waals surface area contributed by atoms with Gasteiger partial charge in [0.2, 0.25) is 5.34 Å². The molecule has 1 heterocycles. The van der Waals surface area contributed by atoms with Crippen molar-refractivity contribution < 1.29 is 23.1 Å². The van der Waals surface area contributed by atoms with E-state index in [0.29, 0.717) is 5.56 Å². The Morgan fingerprint density at radius 2 is 1.81 bits per heavy atom. The van der Waals surface area contributed by atoms with E-state index in [1.165, 1.54) is 12.3 Å². The molecule has 0 fully saturated rings. The van der Waals surface area contributed by atoms with Gasteiger partial charge in [-0.15, -0.1) is 0 Å². The fraction of sp³-hybridized carbons (Fsp3) is 0.400. The summed E-state index contributed by atoms with van der Waals surface area (Å²) >= 11 is 0. The van der Waals surface area contributed by atoms with Gasteiger partial charge in [-0.25, -0.2) is 0 Å². The summed E-state index contributed by atoms with van der Waals surface area (Å²) in [6, 6.07) is 8.95. The van der Waals surface area contributed by atoms with E-state index in [4.69, 9.17) is 13.8 Å². The molecule has 1 aromatic carbocycles. The van der Waals surface area contributed by atoms with Gasteiger partial charge in [-0.3, -0.25) is 9.36 Å². The Balaban J connectivity index is 2.58. The first-order valence-electron chi connectivity index (χ1n) is 6.90. The molecule has 0 spiro atoms. The van der Waals surface area contributed by atoms with Crippen LogP contribution >= 0.6 is 7.60 Å². The summed E-state index contributed by atoms with van der Waals surface area (Å²) in [6.07, 6.45) is 2.51. The number of hydrogen-bond donors (Lipinski definition) is 0. The number of benzene rings is 1. The molecular weight excluding hydrogens is 291 g/mol. The molecule has 0 amide bonds. The molecule has 0 saturated carbocycles. The Hall–Kier alpha value is -1.42. The molecule has 0 aromatic heterocycles. The number of allylic oxidation sites excluding steroid dienone is 1. The number of rotatable bonds is 6. The Morgan fingerprint density at radius 3 is 2.33 bits per heavy atom. The highest BCUT2D eigenvalue weighted by molar-refractivity contribution is 7.55. The Morgan fingerprint density at radius 1 is 1.19 bits per heavy atom. The van der Waals surface area contributed by atoms with Crippen LogP contribution in [-0.2, 0) is 28.5 Å². The van der Waals surface area contributed by atoms with Crippen LogP contribution in [0.4, 0.5) is 0 Å². The predicted octanol–water partition coefficient (Wildman–Crippen LogP) is 3.61. The highest BCUT2D eigenvalue weighted by atomic mass is 31.2. The van der Waals surface area contributed by atoms with Crippen LogP contribution in [0.5, 0.6) is 0 Å². The van der Waals surface area contributed by atoms with E-state index in [9.17, 15) is 9.36 Å². The number of ether oxygens (including phenoxy) is 1. The van der Waals surface area contributed by atoms with Gasteiger partial charge in [0.15, 0.2) is 5.78 Å². The van der Waals surface area contributed by atoms with Crippen LogP contribution in [0.2, 0.25) is 0 Å². The third-order valence-corrected chi connectivity index (χ3v) is 5.80. The summed E-state index contributed by atoms with van der Waals surface area (Å²) in [5.74, 6) is -0.176. The maximum atomic E-state index is 13.3. The SMILES string of the molecule is CCOP(=O)(OCC)C1(c2ccccc2)CC(=O)C=CO1. The molecule has 1 aliphatic rings. The molecule has 21 heavy (non-hydrogen) atoms. The average molecular weight is 310 g/mol. The molecule has 0 N–H and O–H groups in total. The van der Waals surface area contributed by atoms with Crippen molar-refractivity contribution in [2.24, 2.45) is 0 Å². The lowest BCUT2D eigenvalue weighted by Gasteiger charge is -2.39. The van der Waals surface area contributed by atoms with Gasteiger partial charge in [-0.05, 0) is 13.8 Å². The predicted molar refractivity (Wildman–Crippen MR) is 78.8 cm³/mol. The monoisotopic (exact) mass is 310 g/mol. The van der Waals surface area contributed by atoms with Gasteiger partial charge in [0.05, 0.1) is 25.9 Å². The van der Waals surface area contributed by atoms with Crippen molar-refractivity contribution in [1.82, 2.24) is 0 Å². The first-order chi connectivity index (χ1) is 10.1. The van der Waals surface area contributed by atoms with E-state index in [1.807, 2.05) is 6.07 Å². The zero-order valence-electron chi connectivity index (χ0n) is 12.2. The first-order valence-corrected chi connectivity index (χ1v) is 8.44. The number of ketones is 1. The highest BCUT2D eigenvalue weighted by Gasteiger charge is 2.56. The summed E-state index contributed by atoms with van der Waals surface area (Å²) < 4.78 is 29.8. The summed E-state index contributed by atoms with van der Waals surface area (Å²) in [5, 5.41) is -1.42. The van der Waals surface area contributed by atoms with E-state index in [1.54, 1.807) is 38.1 Å². The molecule has 5 nitrogen and oxygen atoms in total. The maximum Gasteiger partial charge on any atom is 0.378 e. The zero-order chi connectivity index (χ0) is 15.3. The number of carbonyl (C=O) groups is 1. The molecule has 0 saturated heterocycles. The summed E-state index contributed by atoms with van der Waals surface area (Å²) in [7, 11) is -3.68. The van der Waals surface area contributed by atoms with Gasteiger partial charge < -0.3 is 13.8 Å². The van der Waals surface area contributed by atoms with Crippen LogP contribution in [0.1, 0.15) is 25.8 Å². The molecule has 114 valence electrons. The second-order valence-corrected chi connectivity index (χ2v) is 6.78. The van der Waals surface area contributed by atoms with Crippen LogP contribution in [-0.4, -0.2) is 19.0 Å². The highest BCUT2D eigenvalue weighted by Crippen LogP contribution is 2.67. The third-order valence-electron chi connectivity index (χ3n) is 3.20. The molecule has 1 aromatic rings. The lowest BCUT2D eigenvalue weighted by molar-refractivity contribution is -0.120. The fourth-order valence-electron chi connectivity index (χ4n) is 2.33. The summed E-state index contributed by atoms with van der Waals surface area (Å²) in [6.45, 7) is 3.86. The van der Waals surface area contributed by atoms with Crippen LogP contribution < -0.4 is 0 Å². The molecule has 0 aliphatic carbocycles. The standard InChI is InChI=1S/C15H19O5P/c1-3-19-21(17,20-4-2)15(12-14(16)10-11-18-15)13-8-6-5-7-9-13/h5-11H,3-4,12H2,1-2H3. The minimum absolute atomic E-state index is 0.0786. The molecular formula is C15H19O5P. The minimum Gasteiger partial charge on any atom is -0.477 e. The van der Waals surface area contributed by atoms with Crippen molar-refractivity contribution >= 4 is 13.4 Å². The number of carbonyl (C=O) groups excluding carboxylic acids is 1. The zero-order valence-corrected chi connectivity index (χ0v) is 13.0. The fourth-order valence-corrected chi connectivity index (χ4v) is 4.51. The second-order valence-electron chi connectivity index (χ2n) is 4.55. The molecule has 1 atom stereocenters. The van der Waals surface area contributed by atoms with E-state index < -0.39 is 12.9 Å². The van der Waals surface area contributed by atoms with Crippen LogP contribution in [0, 0.1) is 0 Å². The van der Waals surface area contributed by atoms with Gasteiger partial charge >= 0.3 is 7.60 Å². The van der Waals surface area contributed by atoms with E-state index in [0.717, 1.165) is 0 Å². The molecule has 1 aliphatic heterocycles. The van der Waals surface area contributed by atoms with E-state index >= 15 is 0 Å². The van der Waals surface area contributed by atoms with Crippen molar-refractivity contribution in [2.75, 3.05) is 13.2 Å². The summed E-state index contributed by atoms with van der Waals surface area (Å²) in [4.78, 5) is 11.9. The molecule has 0 bridgehead atoms. The van der Waals surface area contributed by atoms with Gasteiger partial charge in [0, 0.05) is 11.6 Å². The summed E-state index contributed by atoms with van der Waals surface area (Å²) in [5.41, 5.74) is 0.605. The molecule has 6 heteroatoms. The van der Waals surface area contributed by atoms with Crippen LogP contribution in [0.3, 0.4) is 0 Å². The topological polar surface area (TPSA) is 61.8 Å². The van der Waals surface area contributed by atoms with Crippen molar-refractivity contribution in [2.45, 2.75) is 25.6 Å².